The number of nitrogens with zero attached hydrogens (tertiary/aromatic N) is 6. The molecular weight excluding hydrogens is 850 g/mol. The summed E-state index contributed by atoms with van der Waals surface area (Å²) in [5.41, 5.74) is 4.93. The number of rotatable bonds is 11. The second-order valence-electron chi connectivity index (χ2n) is 18.0. The number of fused-ring (bicyclic) bond motifs is 2. The molecule has 0 unspecified atom stereocenters. The first kappa shape index (κ1) is 52.1. The summed E-state index contributed by atoms with van der Waals surface area (Å²) in [5, 5.41) is 9.46. The van der Waals surface area contributed by atoms with Crippen LogP contribution in [0, 0.1) is 11.8 Å². The Balaban J connectivity index is 0.000000203. The Bertz CT molecular complexity index is 2130. The van der Waals surface area contributed by atoms with Crippen molar-refractivity contribution in [3.8, 4) is 22.8 Å². The number of imidazole rings is 2. The molecule has 66 heavy (non-hydrogen) atoms. The highest BCUT2D eigenvalue weighted by Crippen LogP contribution is 2.30. The lowest BCUT2D eigenvalue weighted by Gasteiger charge is -2.29. The van der Waals surface area contributed by atoms with E-state index in [1.807, 2.05) is 48.5 Å². The topological polar surface area (TPSA) is 146 Å². The van der Waals surface area contributed by atoms with Gasteiger partial charge in [-0.05, 0) is 82.6 Å². The summed E-state index contributed by atoms with van der Waals surface area (Å²) in [6.45, 7) is 21.4. The molecule has 13 nitrogen and oxygen atoms in total. The van der Waals surface area contributed by atoms with Crippen LogP contribution in [-0.4, -0.2) is 96.7 Å². The van der Waals surface area contributed by atoms with Crippen molar-refractivity contribution in [3.63, 3.8) is 0 Å². The van der Waals surface area contributed by atoms with E-state index < -0.39 is 0 Å². The largest absolute Gasteiger partial charge is 0.348 e. The molecule has 0 radical (unpaired) electrons. The van der Waals surface area contributed by atoms with Gasteiger partial charge < -0.3 is 34.9 Å². The number of halogens is 1. The van der Waals surface area contributed by atoms with Gasteiger partial charge in [-0.25, -0.2) is 9.97 Å². The minimum Gasteiger partial charge on any atom is -0.348 e. The van der Waals surface area contributed by atoms with Gasteiger partial charge in [-0.3, -0.25) is 19.2 Å². The number of hydrogen-bond donors (Lipinski definition) is 3. The Labute approximate surface area is 398 Å². The number of carbonyl (C=O) groups excluding carboxylic acids is 4. The average Bonchev–Trinajstić information content (AvgIpc) is 3.93. The van der Waals surface area contributed by atoms with Crippen molar-refractivity contribution < 1.29 is 19.2 Å². The van der Waals surface area contributed by atoms with E-state index in [1.54, 1.807) is 11.8 Å². The molecule has 3 N–H and O–H groups in total. The Hall–Kier alpha value is -4.85. The normalized spacial score (nSPS) is 17.0. The molecule has 2 saturated carbocycles. The summed E-state index contributed by atoms with van der Waals surface area (Å²) in [4.78, 5) is 61.1. The fourth-order valence-corrected chi connectivity index (χ4v) is 9.65. The molecule has 360 valence electrons. The van der Waals surface area contributed by atoms with Gasteiger partial charge in [0, 0.05) is 69.8 Å². The van der Waals surface area contributed by atoms with E-state index in [4.69, 9.17) is 9.97 Å². The standard InChI is InChI=1S/C23H30N4O2.C21H28N4O.C6H15N.C2H3ClO/c1-16(18-9-5-3-6-10-18)24-23(29)21-20-15-26(17(2)28)13-14-27(20)22(25-21)19-11-7-4-8-12-19;1-15(16-8-4-2-5-9-16)23-21(26)19-18-14-22-12-13-25(18)20(24-19)17-10-6-3-7-11-17;1-4-7(5-2)6-3;1-2(3)4/h4,7-8,11-12,16,18H,3,5-6,9-10,13-15H2,1-2H3,(H,24,29);3,6-7,10-11,15-16,22H,2,4-5,8-9,12-14H2,1H3,(H,23,26);4-6H2,1-3H3;1H3/t16-;15-;;/m11../s1. The van der Waals surface area contributed by atoms with E-state index in [-0.39, 0.29) is 35.0 Å². The van der Waals surface area contributed by atoms with Crippen LogP contribution in [-0.2, 0) is 35.8 Å². The number of benzene rings is 2. The van der Waals surface area contributed by atoms with Gasteiger partial charge in [-0.1, -0.05) is 120 Å². The molecule has 0 saturated heterocycles. The van der Waals surface area contributed by atoms with E-state index in [1.165, 1.54) is 90.8 Å². The predicted octanol–water partition coefficient (Wildman–Crippen LogP) is 9.08. The van der Waals surface area contributed by atoms with Gasteiger partial charge in [0.05, 0.1) is 17.9 Å². The molecule has 2 aromatic carbocycles. The van der Waals surface area contributed by atoms with Crippen molar-refractivity contribution in [2.45, 2.75) is 151 Å². The SMILES string of the molecule is CC(=O)Cl.CC(=O)N1CCn2c(-c3ccccc3)nc(C(=O)N[C@H](C)C3CCCCC3)c2C1.CCN(CC)CC.C[C@@H](NC(=O)c1nc(-c2ccccc2)n2c1CNCC2)C1CCCCC1. The van der Waals surface area contributed by atoms with Crippen LogP contribution in [0.15, 0.2) is 60.7 Å². The molecule has 4 aliphatic rings. The van der Waals surface area contributed by atoms with Gasteiger partial charge in [0.15, 0.2) is 11.4 Å². The van der Waals surface area contributed by atoms with Crippen LogP contribution in [0.5, 0.6) is 0 Å². The van der Waals surface area contributed by atoms with Gasteiger partial charge in [0.25, 0.3) is 11.8 Å². The van der Waals surface area contributed by atoms with Crippen molar-refractivity contribution in [1.29, 1.82) is 0 Å². The molecule has 2 fully saturated rings. The number of carbonyl (C=O) groups is 4. The molecule has 4 heterocycles. The van der Waals surface area contributed by atoms with Crippen molar-refractivity contribution in [3.05, 3.63) is 83.4 Å². The van der Waals surface area contributed by atoms with Crippen LogP contribution in [0.4, 0.5) is 0 Å². The molecule has 4 aromatic rings. The van der Waals surface area contributed by atoms with Crippen molar-refractivity contribution in [2.24, 2.45) is 11.8 Å². The molecular formula is C52H76ClN9O4. The third-order valence-electron chi connectivity index (χ3n) is 13.6. The molecule has 0 bridgehead atoms. The molecule has 0 spiro atoms. The number of nitrogens with one attached hydrogen (secondary N) is 3. The molecule has 2 aliphatic carbocycles. The molecule has 3 amide bonds. The fourth-order valence-electron chi connectivity index (χ4n) is 9.65. The van der Waals surface area contributed by atoms with E-state index in [2.05, 4.69) is 88.3 Å². The fraction of sp³-hybridized carbons (Fsp3) is 0.577. The highest BCUT2D eigenvalue weighted by Gasteiger charge is 2.31. The maximum Gasteiger partial charge on any atom is 0.272 e. The van der Waals surface area contributed by atoms with Crippen molar-refractivity contribution in [1.82, 2.24) is 44.9 Å². The summed E-state index contributed by atoms with van der Waals surface area (Å²) in [5.74, 6) is 2.71. The van der Waals surface area contributed by atoms with Crippen molar-refractivity contribution >= 4 is 34.6 Å². The van der Waals surface area contributed by atoms with Crippen LogP contribution < -0.4 is 16.0 Å². The molecule has 2 aromatic heterocycles. The smallest absolute Gasteiger partial charge is 0.272 e. The zero-order valence-electron chi connectivity index (χ0n) is 40.7. The van der Waals surface area contributed by atoms with Crippen LogP contribution in [0.25, 0.3) is 22.8 Å². The van der Waals surface area contributed by atoms with Crippen LogP contribution >= 0.6 is 11.6 Å². The van der Waals surface area contributed by atoms with E-state index in [9.17, 15) is 19.2 Å². The number of amides is 3. The maximum atomic E-state index is 13.2. The Kier molecular flexibility index (Phi) is 20.9. The summed E-state index contributed by atoms with van der Waals surface area (Å²) in [6.07, 6.45) is 12.5. The zero-order valence-corrected chi connectivity index (χ0v) is 41.5. The highest BCUT2D eigenvalue weighted by atomic mass is 35.5. The summed E-state index contributed by atoms with van der Waals surface area (Å²) >= 11 is 4.64. The summed E-state index contributed by atoms with van der Waals surface area (Å²) < 4.78 is 4.31. The van der Waals surface area contributed by atoms with Crippen LogP contribution in [0.2, 0.25) is 0 Å². The quantitative estimate of drug-likeness (QED) is 0.126. The van der Waals surface area contributed by atoms with E-state index in [0.717, 1.165) is 47.3 Å². The highest BCUT2D eigenvalue weighted by molar-refractivity contribution is 6.62. The number of hydrogen-bond acceptors (Lipinski definition) is 8. The second-order valence-corrected chi connectivity index (χ2v) is 18.6. The van der Waals surface area contributed by atoms with E-state index >= 15 is 0 Å². The maximum absolute atomic E-state index is 13.2. The van der Waals surface area contributed by atoms with Gasteiger partial charge in [-0.15, -0.1) is 0 Å². The summed E-state index contributed by atoms with van der Waals surface area (Å²) in [6, 6.07) is 20.5. The number of aromatic nitrogens is 4. The van der Waals surface area contributed by atoms with Gasteiger partial charge >= 0.3 is 0 Å². The first-order valence-electron chi connectivity index (χ1n) is 24.6. The molecule has 2 atom stereocenters. The lowest BCUT2D eigenvalue weighted by molar-refractivity contribution is -0.130. The third-order valence-corrected chi connectivity index (χ3v) is 13.6. The Morgan fingerprint density at radius 3 is 1.50 bits per heavy atom. The third kappa shape index (κ3) is 14.6. The molecule has 8 rings (SSSR count). The molecule has 2 aliphatic heterocycles. The van der Waals surface area contributed by atoms with Gasteiger partial charge in [0.1, 0.15) is 11.6 Å². The van der Waals surface area contributed by atoms with Crippen LogP contribution in [0.1, 0.15) is 145 Å². The van der Waals surface area contributed by atoms with Gasteiger partial charge in [0.2, 0.25) is 11.1 Å². The Morgan fingerprint density at radius 1 is 0.667 bits per heavy atom. The lowest BCUT2D eigenvalue weighted by Crippen LogP contribution is -2.41. The van der Waals surface area contributed by atoms with E-state index in [0.29, 0.717) is 49.4 Å². The molecule has 14 heteroatoms. The summed E-state index contributed by atoms with van der Waals surface area (Å²) in [7, 11) is 0. The lowest BCUT2D eigenvalue weighted by atomic mass is 9.84. The van der Waals surface area contributed by atoms with Crippen LogP contribution in [0.3, 0.4) is 0 Å². The monoisotopic (exact) mass is 926 g/mol. The predicted molar refractivity (Wildman–Crippen MR) is 265 cm³/mol. The first-order valence-corrected chi connectivity index (χ1v) is 25.0. The van der Waals surface area contributed by atoms with Crippen molar-refractivity contribution in [2.75, 3.05) is 32.7 Å². The minimum absolute atomic E-state index is 0.0284. The first-order chi connectivity index (χ1) is 31.9. The Morgan fingerprint density at radius 2 is 1.09 bits per heavy atom. The second kappa shape index (κ2) is 26.5. The average molecular weight is 927 g/mol. The van der Waals surface area contributed by atoms with Gasteiger partial charge in [-0.2, -0.15) is 0 Å². The minimum atomic E-state index is -0.361. The zero-order chi connectivity index (χ0) is 47.6.